The molecule has 218 valence electrons. The fourth-order valence-electron chi connectivity index (χ4n) is 6.04. The first-order valence-corrected chi connectivity index (χ1v) is 16.1. The normalized spacial score (nSPS) is 17.7. The third-order valence-corrected chi connectivity index (χ3v) is 10.2. The number of nitriles is 1. The van der Waals surface area contributed by atoms with E-state index < -0.39 is 16.1 Å². The van der Waals surface area contributed by atoms with Crippen LogP contribution in [0.3, 0.4) is 0 Å². The number of nitrogens with one attached hydrogen (secondary N) is 1. The lowest BCUT2D eigenvalue weighted by atomic mass is 9.74. The molecule has 2 saturated heterocycles. The molecular formula is C29H29Cl2N7O3S. The number of hydrogen-bond donors (Lipinski definition) is 1. The summed E-state index contributed by atoms with van der Waals surface area (Å²) in [5, 5.41) is 19.3. The minimum atomic E-state index is -3.23. The Morgan fingerprint density at radius 2 is 1.95 bits per heavy atom. The highest BCUT2D eigenvalue weighted by Gasteiger charge is 2.48. The molecule has 1 aromatic carbocycles. The Bertz CT molecular complexity index is 1850. The van der Waals surface area contributed by atoms with Crippen LogP contribution in [0.15, 0.2) is 36.7 Å². The van der Waals surface area contributed by atoms with Gasteiger partial charge in [-0.25, -0.2) is 17.7 Å². The Kier molecular flexibility index (Phi) is 7.30. The van der Waals surface area contributed by atoms with Gasteiger partial charge in [0.15, 0.2) is 0 Å². The third-order valence-electron chi connectivity index (χ3n) is 8.14. The number of aryl methyl sites for hydroxylation is 1. The van der Waals surface area contributed by atoms with Crippen LogP contribution < -0.4 is 9.64 Å². The van der Waals surface area contributed by atoms with Gasteiger partial charge in [0.25, 0.3) is 0 Å². The van der Waals surface area contributed by atoms with E-state index in [4.69, 9.17) is 27.9 Å². The number of aromatic nitrogens is 4. The van der Waals surface area contributed by atoms with Crippen molar-refractivity contribution in [1.82, 2.24) is 24.5 Å². The maximum Gasteiger partial charge on any atom is 0.211 e. The number of nitrogens with zero attached hydrogens (tertiary/aromatic N) is 6. The molecular weight excluding hydrogens is 597 g/mol. The van der Waals surface area contributed by atoms with Crippen LogP contribution in [0.1, 0.15) is 42.7 Å². The number of ether oxygens (including phenoxy) is 1. The van der Waals surface area contributed by atoms with E-state index in [0.29, 0.717) is 75.9 Å². The summed E-state index contributed by atoms with van der Waals surface area (Å²) in [6.07, 6.45) is 5.90. The number of anilines is 1. The molecule has 0 saturated carbocycles. The van der Waals surface area contributed by atoms with E-state index in [-0.39, 0.29) is 5.41 Å². The standard InChI is InChI=1S/C29H29Cl2N7O3S/c1-17-26(31)25(23(30)13-33-17)18(2)41-21-5-6-24-22(10-21)27(36-35-24)20-9-19(11-32)28(34-12-20)37-14-29(15-37)7-4-8-38(16-29)42(3,39)40/h5-6,9-10,12-13,18H,4,7-8,14-16H2,1-3H3,(H,35,36)/t18-/m1/s1. The van der Waals surface area contributed by atoms with Crippen molar-refractivity contribution < 1.29 is 13.2 Å². The second-order valence-corrected chi connectivity index (χ2v) is 14.0. The molecule has 10 nitrogen and oxygen atoms in total. The number of fused-ring (bicyclic) bond motifs is 1. The number of piperidine rings is 1. The molecule has 1 spiro atoms. The quantitative estimate of drug-likeness (QED) is 0.297. The van der Waals surface area contributed by atoms with E-state index >= 15 is 0 Å². The van der Waals surface area contributed by atoms with Crippen LogP contribution in [0, 0.1) is 23.7 Å². The van der Waals surface area contributed by atoms with Crippen LogP contribution in [0.2, 0.25) is 10.0 Å². The second kappa shape index (κ2) is 10.7. The van der Waals surface area contributed by atoms with Crippen LogP contribution in [0.4, 0.5) is 5.82 Å². The molecule has 1 N–H and O–H groups in total. The average molecular weight is 627 g/mol. The molecule has 0 bridgehead atoms. The smallest absolute Gasteiger partial charge is 0.211 e. The van der Waals surface area contributed by atoms with Crippen molar-refractivity contribution in [2.45, 2.75) is 32.8 Å². The Balaban J connectivity index is 1.24. The number of halogens is 2. The van der Waals surface area contributed by atoms with Crippen molar-refractivity contribution in [2.24, 2.45) is 5.41 Å². The number of H-pyrrole nitrogens is 1. The summed E-state index contributed by atoms with van der Waals surface area (Å²) in [5.74, 6) is 1.20. The van der Waals surface area contributed by atoms with Crippen LogP contribution in [-0.2, 0) is 10.0 Å². The Morgan fingerprint density at radius 3 is 2.69 bits per heavy atom. The van der Waals surface area contributed by atoms with Gasteiger partial charge < -0.3 is 9.64 Å². The second-order valence-electron chi connectivity index (χ2n) is 11.2. The van der Waals surface area contributed by atoms with E-state index in [1.807, 2.05) is 32.0 Å². The SMILES string of the molecule is Cc1ncc(Cl)c([C@@H](C)Oc2ccc3[nH]nc(-c4cnc(N5CC6(CCCN(S(C)(=O)=O)C6)C5)c(C#N)c4)c3c2)c1Cl. The lowest BCUT2D eigenvalue weighted by molar-refractivity contribution is 0.108. The van der Waals surface area contributed by atoms with E-state index in [9.17, 15) is 13.7 Å². The van der Waals surface area contributed by atoms with Gasteiger partial charge in [-0.2, -0.15) is 10.4 Å². The van der Waals surface area contributed by atoms with Crippen LogP contribution in [0.5, 0.6) is 5.75 Å². The summed E-state index contributed by atoms with van der Waals surface area (Å²) in [7, 11) is -3.23. The van der Waals surface area contributed by atoms with Gasteiger partial charge >= 0.3 is 0 Å². The van der Waals surface area contributed by atoms with Crippen molar-refractivity contribution in [3.05, 3.63) is 63.5 Å². The summed E-state index contributed by atoms with van der Waals surface area (Å²) < 4.78 is 32.0. The van der Waals surface area contributed by atoms with E-state index in [2.05, 4.69) is 31.1 Å². The first-order valence-electron chi connectivity index (χ1n) is 13.5. The first kappa shape index (κ1) is 28.7. The number of aromatic amines is 1. The van der Waals surface area contributed by atoms with Crippen molar-refractivity contribution >= 4 is 49.9 Å². The fourth-order valence-corrected chi connectivity index (χ4v) is 7.66. The molecule has 13 heteroatoms. The largest absolute Gasteiger partial charge is 0.486 e. The first-order chi connectivity index (χ1) is 20.0. The van der Waals surface area contributed by atoms with Gasteiger partial charge in [-0.3, -0.25) is 10.1 Å². The van der Waals surface area contributed by atoms with E-state index in [1.54, 1.807) is 22.8 Å². The average Bonchev–Trinajstić information content (AvgIpc) is 3.36. The molecule has 2 aliphatic heterocycles. The minimum Gasteiger partial charge on any atom is -0.486 e. The summed E-state index contributed by atoms with van der Waals surface area (Å²) in [6.45, 7) is 6.08. The highest BCUT2D eigenvalue weighted by atomic mass is 35.5. The molecule has 0 radical (unpaired) electrons. The molecule has 0 aliphatic carbocycles. The molecule has 2 fully saturated rings. The van der Waals surface area contributed by atoms with Gasteiger partial charge in [0, 0.05) is 60.5 Å². The molecule has 0 amide bonds. The number of pyridine rings is 2. The Hall–Kier alpha value is -3.43. The zero-order chi connectivity index (χ0) is 29.8. The van der Waals surface area contributed by atoms with Crippen molar-refractivity contribution in [2.75, 3.05) is 37.3 Å². The maximum absolute atomic E-state index is 12.1. The van der Waals surface area contributed by atoms with Gasteiger partial charge in [0.2, 0.25) is 10.0 Å². The third kappa shape index (κ3) is 5.17. The Labute approximate surface area is 254 Å². The van der Waals surface area contributed by atoms with Crippen LogP contribution in [0.25, 0.3) is 22.2 Å². The lowest BCUT2D eigenvalue weighted by Gasteiger charge is -2.54. The fraction of sp³-hybridized carbons (Fsp3) is 0.379. The van der Waals surface area contributed by atoms with Crippen molar-refractivity contribution in [3.8, 4) is 23.1 Å². The van der Waals surface area contributed by atoms with E-state index in [1.165, 1.54) is 6.26 Å². The van der Waals surface area contributed by atoms with Gasteiger partial charge in [-0.05, 0) is 51.0 Å². The van der Waals surface area contributed by atoms with Crippen molar-refractivity contribution in [1.29, 1.82) is 5.26 Å². The van der Waals surface area contributed by atoms with Crippen LogP contribution >= 0.6 is 23.2 Å². The van der Waals surface area contributed by atoms with Gasteiger partial charge in [-0.1, -0.05) is 23.2 Å². The highest BCUT2D eigenvalue weighted by molar-refractivity contribution is 7.88. The zero-order valence-corrected chi connectivity index (χ0v) is 25.7. The maximum atomic E-state index is 12.1. The molecule has 2 aliphatic rings. The number of hydrogen-bond acceptors (Lipinski definition) is 8. The minimum absolute atomic E-state index is 0.107. The summed E-state index contributed by atoms with van der Waals surface area (Å²) in [5.41, 5.74) is 3.81. The molecule has 4 aromatic rings. The highest BCUT2D eigenvalue weighted by Crippen LogP contribution is 2.43. The van der Waals surface area contributed by atoms with Gasteiger partial charge in [-0.15, -0.1) is 0 Å². The molecule has 3 aromatic heterocycles. The number of benzene rings is 1. The van der Waals surface area contributed by atoms with Gasteiger partial charge in [0.1, 0.15) is 29.4 Å². The predicted octanol–water partition coefficient (Wildman–Crippen LogP) is 5.51. The summed E-state index contributed by atoms with van der Waals surface area (Å²) >= 11 is 12.9. The molecule has 6 rings (SSSR count). The predicted molar refractivity (Wildman–Crippen MR) is 162 cm³/mol. The lowest BCUT2D eigenvalue weighted by Crippen LogP contribution is -2.63. The summed E-state index contributed by atoms with van der Waals surface area (Å²) in [4.78, 5) is 10.9. The van der Waals surface area contributed by atoms with Gasteiger partial charge in [0.05, 0.1) is 33.1 Å². The molecule has 42 heavy (non-hydrogen) atoms. The monoisotopic (exact) mass is 625 g/mol. The van der Waals surface area contributed by atoms with Crippen molar-refractivity contribution in [3.63, 3.8) is 0 Å². The number of rotatable bonds is 6. The van der Waals surface area contributed by atoms with Crippen LogP contribution in [-0.4, -0.2) is 65.3 Å². The molecule has 5 heterocycles. The van der Waals surface area contributed by atoms with E-state index in [0.717, 1.165) is 23.7 Å². The summed E-state index contributed by atoms with van der Waals surface area (Å²) in [6, 6.07) is 9.69. The molecule has 1 atom stereocenters. The number of sulfonamides is 1. The topological polar surface area (TPSA) is 128 Å². The zero-order valence-electron chi connectivity index (χ0n) is 23.4. The Morgan fingerprint density at radius 1 is 1.17 bits per heavy atom. The molecule has 0 unspecified atom stereocenters.